The predicted molar refractivity (Wildman–Crippen MR) is 73.2 cm³/mol. The van der Waals surface area contributed by atoms with Gasteiger partial charge in [0.2, 0.25) is 0 Å². The largest absolute Gasteiger partial charge is 0.494 e. The minimum Gasteiger partial charge on any atom is -0.494 e. The van der Waals surface area contributed by atoms with Crippen LogP contribution in [0.4, 0.5) is 0 Å². The Balaban J connectivity index is 2.18. The van der Waals surface area contributed by atoms with Gasteiger partial charge in [0.05, 0.1) is 6.61 Å². The van der Waals surface area contributed by atoms with Crippen molar-refractivity contribution >= 4 is 0 Å². The van der Waals surface area contributed by atoms with Crippen molar-refractivity contribution < 1.29 is 4.74 Å². The van der Waals surface area contributed by atoms with Crippen LogP contribution >= 0.6 is 0 Å². The number of rotatable bonds is 8. The van der Waals surface area contributed by atoms with Crippen LogP contribution in [-0.2, 0) is 0 Å². The van der Waals surface area contributed by atoms with E-state index >= 15 is 0 Å². The molecule has 1 rings (SSSR count). The van der Waals surface area contributed by atoms with Crippen molar-refractivity contribution in [1.29, 1.82) is 0 Å². The molecule has 1 aromatic rings. The molecule has 0 saturated carbocycles. The Morgan fingerprint density at radius 2 is 1.76 bits per heavy atom. The van der Waals surface area contributed by atoms with Gasteiger partial charge in [-0.05, 0) is 30.9 Å². The van der Waals surface area contributed by atoms with Gasteiger partial charge in [-0.25, -0.2) is 0 Å². The molecule has 1 unspecified atom stereocenters. The van der Waals surface area contributed by atoms with Crippen LogP contribution < -0.4 is 10.5 Å². The topological polar surface area (TPSA) is 35.2 Å². The fraction of sp³-hybridized carbons (Fsp3) is 0.600. The first-order chi connectivity index (χ1) is 8.26. The van der Waals surface area contributed by atoms with Crippen molar-refractivity contribution in [2.75, 3.05) is 6.61 Å². The molecule has 17 heavy (non-hydrogen) atoms. The van der Waals surface area contributed by atoms with E-state index in [9.17, 15) is 0 Å². The van der Waals surface area contributed by atoms with Gasteiger partial charge in [0.25, 0.3) is 0 Å². The summed E-state index contributed by atoms with van der Waals surface area (Å²) in [5.74, 6) is 1.70. The van der Waals surface area contributed by atoms with Crippen molar-refractivity contribution in [2.45, 2.75) is 45.6 Å². The van der Waals surface area contributed by atoms with Gasteiger partial charge < -0.3 is 10.5 Å². The van der Waals surface area contributed by atoms with Gasteiger partial charge >= 0.3 is 0 Å². The highest BCUT2D eigenvalue weighted by molar-refractivity contribution is 5.20. The van der Waals surface area contributed by atoms with Crippen molar-refractivity contribution in [1.82, 2.24) is 0 Å². The first-order valence-corrected chi connectivity index (χ1v) is 6.69. The van der Waals surface area contributed by atoms with Crippen LogP contribution in [0.25, 0.3) is 0 Å². The summed E-state index contributed by atoms with van der Waals surface area (Å²) >= 11 is 0. The molecule has 0 aliphatic carbocycles. The number of benzene rings is 1. The first kappa shape index (κ1) is 14.0. The van der Waals surface area contributed by atoms with E-state index in [4.69, 9.17) is 10.5 Å². The first-order valence-electron chi connectivity index (χ1n) is 6.69. The third-order valence-corrected chi connectivity index (χ3v) is 3.29. The zero-order valence-corrected chi connectivity index (χ0v) is 11.1. The SMILES string of the molecule is CCC(CC)CC(N)CCOc1ccccc1. The van der Waals surface area contributed by atoms with E-state index in [1.807, 2.05) is 30.3 Å². The number of hydrogen-bond donors (Lipinski definition) is 1. The lowest BCUT2D eigenvalue weighted by molar-refractivity contribution is 0.282. The van der Waals surface area contributed by atoms with Gasteiger partial charge in [-0.2, -0.15) is 0 Å². The highest BCUT2D eigenvalue weighted by atomic mass is 16.5. The van der Waals surface area contributed by atoms with Gasteiger partial charge in [0.15, 0.2) is 0 Å². The Kier molecular flexibility index (Phi) is 6.71. The summed E-state index contributed by atoms with van der Waals surface area (Å²) < 4.78 is 5.65. The average Bonchev–Trinajstić information content (AvgIpc) is 2.37. The van der Waals surface area contributed by atoms with Gasteiger partial charge in [-0.3, -0.25) is 0 Å². The summed E-state index contributed by atoms with van der Waals surface area (Å²) in [5.41, 5.74) is 6.11. The Labute approximate surface area is 105 Å². The summed E-state index contributed by atoms with van der Waals surface area (Å²) in [6, 6.07) is 10.2. The molecule has 0 spiro atoms. The van der Waals surface area contributed by atoms with Gasteiger partial charge in [0.1, 0.15) is 5.75 Å². The standard InChI is InChI=1S/C15H25NO/c1-3-13(4-2)12-14(16)10-11-17-15-8-6-5-7-9-15/h5-9,13-14H,3-4,10-12,16H2,1-2H3. The monoisotopic (exact) mass is 235 g/mol. The molecule has 2 N–H and O–H groups in total. The van der Waals surface area contributed by atoms with Crippen molar-refractivity contribution in [3.63, 3.8) is 0 Å². The summed E-state index contributed by atoms with van der Waals surface area (Å²) in [6.07, 6.45) is 4.50. The fourth-order valence-electron chi connectivity index (χ4n) is 2.01. The Morgan fingerprint density at radius 3 is 2.35 bits per heavy atom. The average molecular weight is 235 g/mol. The second-order valence-electron chi connectivity index (χ2n) is 4.63. The minimum atomic E-state index is 0.267. The molecular formula is C15H25NO. The molecular weight excluding hydrogens is 210 g/mol. The third kappa shape index (κ3) is 5.73. The van der Waals surface area contributed by atoms with E-state index in [2.05, 4.69) is 13.8 Å². The smallest absolute Gasteiger partial charge is 0.119 e. The quantitative estimate of drug-likeness (QED) is 0.747. The van der Waals surface area contributed by atoms with Crippen LogP contribution in [0.5, 0.6) is 5.75 Å². The lowest BCUT2D eigenvalue weighted by atomic mass is 9.94. The molecule has 2 heteroatoms. The molecule has 0 radical (unpaired) electrons. The fourth-order valence-corrected chi connectivity index (χ4v) is 2.01. The molecule has 0 heterocycles. The van der Waals surface area contributed by atoms with Gasteiger partial charge in [0, 0.05) is 6.04 Å². The van der Waals surface area contributed by atoms with Crippen LogP contribution in [0.2, 0.25) is 0 Å². The molecule has 96 valence electrons. The minimum absolute atomic E-state index is 0.267. The predicted octanol–water partition coefficient (Wildman–Crippen LogP) is 3.61. The number of hydrogen-bond acceptors (Lipinski definition) is 2. The second-order valence-corrected chi connectivity index (χ2v) is 4.63. The van der Waals surface area contributed by atoms with Crippen LogP contribution in [0.15, 0.2) is 30.3 Å². The van der Waals surface area contributed by atoms with Crippen LogP contribution in [-0.4, -0.2) is 12.6 Å². The van der Waals surface area contributed by atoms with Crippen LogP contribution in [0.3, 0.4) is 0 Å². The molecule has 0 saturated heterocycles. The van der Waals surface area contributed by atoms with E-state index in [-0.39, 0.29) is 6.04 Å². The lowest BCUT2D eigenvalue weighted by Crippen LogP contribution is -2.25. The van der Waals surface area contributed by atoms with E-state index in [0.29, 0.717) is 6.61 Å². The second kappa shape index (κ2) is 8.13. The molecule has 1 aromatic carbocycles. The number of para-hydroxylation sites is 1. The third-order valence-electron chi connectivity index (χ3n) is 3.29. The normalized spacial score (nSPS) is 12.7. The number of ether oxygens (including phenoxy) is 1. The van der Waals surface area contributed by atoms with Crippen LogP contribution in [0.1, 0.15) is 39.5 Å². The highest BCUT2D eigenvalue weighted by Gasteiger charge is 2.10. The number of nitrogens with two attached hydrogens (primary N) is 1. The molecule has 0 aliphatic heterocycles. The summed E-state index contributed by atoms with van der Waals surface area (Å²) in [4.78, 5) is 0. The Morgan fingerprint density at radius 1 is 1.12 bits per heavy atom. The van der Waals surface area contributed by atoms with E-state index in [0.717, 1.165) is 24.5 Å². The highest BCUT2D eigenvalue weighted by Crippen LogP contribution is 2.16. The van der Waals surface area contributed by atoms with E-state index in [1.165, 1.54) is 12.8 Å². The zero-order valence-electron chi connectivity index (χ0n) is 11.1. The maximum atomic E-state index is 6.11. The van der Waals surface area contributed by atoms with Gasteiger partial charge in [-0.1, -0.05) is 44.9 Å². The molecule has 0 aromatic heterocycles. The molecule has 0 amide bonds. The molecule has 0 fully saturated rings. The molecule has 2 nitrogen and oxygen atoms in total. The Bertz CT molecular complexity index is 282. The van der Waals surface area contributed by atoms with Crippen molar-refractivity contribution in [3.8, 4) is 5.75 Å². The molecule has 0 aliphatic rings. The van der Waals surface area contributed by atoms with E-state index in [1.54, 1.807) is 0 Å². The summed E-state index contributed by atoms with van der Waals surface area (Å²) in [5, 5.41) is 0. The Hall–Kier alpha value is -1.02. The van der Waals surface area contributed by atoms with Gasteiger partial charge in [-0.15, -0.1) is 0 Å². The molecule has 1 atom stereocenters. The van der Waals surface area contributed by atoms with Crippen molar-refractivity contribution in [3.05, 3.63) is 30.3 Å². The van der Waals surface area contributed by atoms with Crippen LogP contribution in [0, 0.1) is 5.92 Å². The lowest BCUT2D eigenvalue weighted by Gasteiger charge is -2.18. The molecule has 0 bridgehead atoms. The van der Waals surface area contributed by atoms with E-state index < -0.39 is 0 Å². The summed E-state index contributed by atoms with van der Waals surface area (Å²) in [6.45, 7) is 5.19. The van der Waals surface area contributed by atoms with Crippen molar-refractivity contribution in [2.24, 2.45) is 11.7 Å². The summed E-state index contributed by atoms with van der Waals surface area (Å²) in [7, 11) is 0. The maximum absolute atomic E-state index is 6.11. The maximum Gasteiger partial charge on any atom is 0.119 e. The zero-order chi connectivity index (χ0) is 12.5.